The zero-order valence-corrected chi connectivity index (χ0v) is 18.5. The number of benzene rings is 2. The van der Waals surface area contributed by atoms with Crippen LogP contribution < -0.4 is 4.74 Å². The predicted molar refractivity (Wildman–Crippen MR) is 120 cm³/mol. The largest absolute Gasteiger partial charge is 0.481 e. The Kier molecular flexibility index (Phi) is 6.07. The average Bonchev–Trinajstić information content (AvgIpc) is 2.73. The smallest absolute Gasteiger partial charge is 0.263 e. The Bertz CT molecular complexity index is 1030. The number of ether oxygens (including phenoxy) is 1. The first-order valence-corrected chi connectivity index (χ1v) is 11.0. The third-order valence-corrected chi connectivity index (χ3v) is 6.25. The van der Waals surface area contributed by atoms with Crippen LogP contribution in [0.15, 0.2) is 53.1 Å². The first-order valence-electron chi connectivity index (χ1n) is 9.83. The molecule has 0 saturated carbocycles. The van der Waals surface area contributed by atoms with Crippen LogP contribution >= 0.6 is 27.5 Å². The average molecular weight is 474 g/mol. The number of aromatic nitrogens is 1. The van der Waals surface area contributed by atoms with Crippen LogP contribution in [0, 0.1) is 0 Å². The number of pyridine rings is 1. The number of halogens is 2. The number of fused-ring (bicyclic) bond motifs is 1. The van der Waals surface area contributed by atoms with Gasteiger partial charge in [0.1, 0.15) is 5.75 Å². The first kappa shape index (κ1) is 20.2. The van der Waals surface area contributed by atoms with Gasteiger partial charge in [-0.25, -0.2) is 0 Å². The van der Waals surface area contributed by atoms with E-state index in [1.54, 1.807) is 6.20 Å². The topological polar surface area (TPSA) is 42.4 Å². The third-order valence-electron chi connectivity index (χ3n) is 5.27. The summed E-state index contributed by atoms with van der Waals surface area (Å²) in [5.74, 6) is 0.685. The van der Waals surface area contributed by atoms with Gasteiger partial charge in [0.15, 0.2) is 6.10 Å². The van der Waals surface area contributed by atoms with Gasteiger partial charge in [-0.05, 0) is 62.1 Å². The molecule has 150 valence electrons. The molecule has 29 heavy (non-hydrogen) atoms. The van der Waals surface area contributed by atoms with Gasteiger partial charge >= 0.3 is 0 Å². The van der Waals surface area contributed by atoms with Crippen LogP contribution in [0.5, 0.6) is 5.75 Å². The van der Waals surface area contributed by atoms with Crippen molar-refractivity contribution in [3.8, 4) is 16.9 Å². The molecule has 1 aromatic heterocycles. The molecule has 1 aliphatic heterocycles. The molecule has 1 saturated heterocycles. The Morgan fingerprint density at radius 1 is 1.17 bits per heavy atom. The Morgan fingerprint density at radius 3 is 2.72 bits per heavy atom. The second kappa shape index (κ2) is 8.72. The van der Waals surface area contributed by atoms with Crippen molar-refractivity contribution in [2.24, 2.45) is 0 Å². The number of likely N-dealkylation sites (tertiary alicyclic amines) is 1. The summed E-state index contributed by atoms with van der Waals surface area (Å²) >= 11 is 10.1. The van der Waals surface area contributed by atoms with E-state index in [1.165, 1.54) is 6.42 Å². The molecule has 1 fully saturated rings. The minimum absolute atomic E-state index is 0.0477. The summed E-state index contributed by atoms with van der Waals surface area (Å²) in [5.41, 5.74) is 2.73. The van der Waals surface area contributed by atoms with Crippen molar-refractivity contribution < 1.29 is 9.53 Å². The van der Waals surface area contributed by atoms with Gasteiger partial charge in [-0.2, -0.15) is 0 Å². The van der Waals surface area contributed by atoms with Crippen LogP contribution in [-0.4, -0.2) is 35.0 Å². The second-order valence-electron chi connectivity index (χ2n) is 7.28. The molecule has 0 N–H and O–H groups in total. The second-order valence-corrected chi connectivity index (χ2v) is 8.54. The van der Waals surface area contributed by atoms with Gasteiger partial charge in [0.05, 0.1) is 5.52 Å². The molecule has 0 bridgehead atoms. The molecule has 1 unspecified atom stereocenters. The molecule has 1 aliphatic rings. The zero-order valence-electron chi connectivity index (χ0n) is 16.2. The summed E-state index contributed by atoms with van der Waals surface area (Å²) in [4.78, 5) is 19.0. The highest BCUT2D eigenvalue weighted by Gasteiger charge is 2.23. The van der Waals surface area contributed by atoms with E-state index in [4.69, 9.17) is 16.3 Å². The van der Waals surface area contributed by atoms with Gasteiger partial charge in [0, 0.05) is 45.8 Å². The van der Waals surface area contributed by atoms with Gasteiger partial charge < -0.3 is 9.64 Å². The van der Waals surface area contributed by atoms with Crippen molar-refractivity contribution >= 4 is 44.3 Å². The maximum Gasteiger partial charge on any atom is 0.263 e. The third kappa shape index (κ3) is 4.26. The van der Waals surface area contributed by atoms with Crippen LogP contribution in [0.2, 0.25) is 5.02 Å². The maximum absolute atomic E-state index is 12.6. The minimum Gasteiger partial charge on any atom is -0.481 e. The monoisotopic (exact) mass is 472 g/mol. The molecule has 6 heteroatoms. The van der Waals surface area contributed by atoms with Gasteiger partial charge in [0.25, 0.3) is 5.91 Å². The summed E-state index contributed by atoms with van der Waals surface area (Å²) in [5, 5.41) is 1.65. The fourth-order valence-corrected chi connectivity index (χ4v) is 4.77. The molecule has 0 radical (unpaired) electrons. The minimum atomic E-state index is -0.522. The SMILES string of the molecule is CC(Oc1ccc2c(-c3c(Cl)cccc3Br)ccnc2c1)C(=O)N1CCCCC1. The predicted octanol–water partition coefficient (Wildman–Crippen LogP) is 6.10. The number of hydrogen-bond donors (Lipinski definition) is 0. The quantitative estimate of drug-likeness (QED) is 0.460. The van der Waals surface area contributed by atoms with Gasteiger partial charge in [-0.15, -0.1) is 0 Å². The van der Waals surface area contributed by atoms with Crippen molar-refractivity contribution in [1.29, 1.82) is 0 Å². The molecular weight excluding hydrogens is 452 g/mol. The summed E-state index contributed by atoms with van der Waals surface area (Å²) in [6.45, 7) is 3.45. The van der Waals surface area contributed by atoms with Crippen molar-refractivity contribution in [2.75, 3.05) is 13.1 Å². The zero-order chi connectivity index (χ0) is 20.4. The number of carbonyl (C=O) groups is 1. The molecule has 1 atom stereocenters. The fraction of sp³-hybridized carbons (Fsp3) is 0.304. The molecular formula is C23H22BrClN2O2. The highest BCUT2D eigenvalue weighted by atomic mass is 79.9. The van der Waals surface area contributed by atoms with Crippen molar-refractivity contribution in [2.45, 2.75) is 32.3 Å². The Hall–Kier alpha value is -2.11. The van der Waals surface area contributed by atoms with Crippen LogP contribution in [0.4, 0.5) is 0 Å². The van der Waals surface area contributed by atoms with E-state index >= 15 is 0 Å². The van der Waals surface area contributed by atoms with Gasteiger partial charge in [0.2, 0.25) is 0 Å². The molecule has 4 rings (SSSR count). The van der Waals surface area contributed by atoms with E-state index < -0.39 is 6.10 Å². The maximum atomic E-state index is 12.6. The Balaban J connectivity index is 1.61. The molecule has 2 aromatic carbocycles. The van der Waals surface area contributed by atoms with Crippen LogP contribution in [-0.2, 0) is 4.79 Å². The highest BCUT2D eigenvalue weighted by Crippen LogP contribution is 2.38. The number of carbonyl (C=O) groups excluding carboxylic acids is 1. The number of nitrogens with zero attached hydrogens (tertiary/aromatic N) is 2. The lowest BCUT2D eigenvalue weighted by Crippen LogP contribution is -2.43. The van der Waals surface area contributed by atoms with E-state index in [9.17, 15) is 4.79 Å². The van der Waals surface area contributed by atoms with E-state index in [2.05, 4.69) is 20.9 Å². The Labute approximate surface area is 184 Å². The molecule has 3 aromatic rings. The van der Waals surface area contributed by atoms with Crippen molar-refractivity contribution in [3.63, 3.8) is 0 Å². The lowest BCUT2D eigenvalue weighted by molar-refractivity contribution is -0.138. The van der Waals surface area contributed by atoms with Crippen molar-refractivity contribution in [3.05, 3.63) is 58.2 Å². The molecule has 4 nitrogen and oxygen atoms in total. The number of amides is 1. The number of piperidine rings is 1. The normalized spacial score (nSPS) is 15.3. The number of rotatable bonds is 4. The summed E-state index contributed by atoms with van der Waals surface area (Å²) in [6.07, 6.45) is 4.57. The highest BCUT2D eigenvalue weighted by molar-refractivity contribution is 9.10. The van der Waals surface area contributed by atoms with Crippen LogP contribution in [0.1, 0.15) is 26.2 Å². The van der Waals surface area contributed by atoms with E-state index in [0.717, 1.165) is 52.4 Å². The fourth-order valence-electron chi connectivity index (χ4n) is 3.80. The summed E-state index contributed by atoms with van der Waals surface area (Å²) in [6, 6.07) is 13.4. The lowest BCUT2D eigenvalue weighted by Gasteiger charge is -2.29. The molecule has 2 heterocycles. The summed E-state index contributed by atoms with van der Waals surface area (Å²) < 4.78 is 6.89. The lowest BCUT2D eigenvalue weighted by atomic mass is 10.0. The van der Waals surface area contributed by atoms with E-state index in [0.29, 0.717) is 10.8 Å². The first-order chi connectivity index (χ1) is 14.0. The number of hydrogen-bond acceptors (Lipinski definition) is 3. The molecule has 0 aliphatic carbocycles. The summed E-state index contributed by atoms with van der Waals surface area (Å²) in [7, 11) is 0. The van der Waals surface area contributed by atoms with Crippen LogP contribution in [0.25, 0.3) is 22.0 Å². The van der Waals surface area contributed by atoms with Gasteiger partial charge in [-0.3, -0.25) is 9.78 Å². The molecule has 1 amide bonds. The Morgan fingerprint density at radius 2 is 1.97 bits per heavy atom. The van der Waals surface area contributed by atoms with Crippen molar-refractivity contribution in [1.82, 2.24) is 9.88 Å². The molecule has 0 spiro atoms. The van der Waals surface area contributed by atoms with E-state index in [1.807, 2.05) is 54.3 Å². The van der Waals surface area contributed by atoms with Crippen LogP contribution in [0.3, 0.4) is 0 Å². The standard InChI is InChI=1S/C23H22BrClN2O2/c1-15(23(28)27-12-3-2-4-13-27)29-16-8-9-17-18(10-11-26-21(17)14-16)22-19(24)6-5-7-20(22)25/h5-11,14-15H,2-4,12-13H2,1H3. The van der Waals surface area contributed by atoms with Gasteiger partial charge in [-0.1, -0.05) is 33.6 Å². The van der Waals surface area contributed by atoms with E-state index in [-0.39, 0.29) is 5.91 Å².